The number of nitrogens with one attached hydrogen (secondary N) is 5. The molecule has 10 rings (SSSR count). The van der Waals surface area contributed by atoms with E-state index in [0.29, 0.717) is 69.0 Å². The van der Waals surface area contributed by atoms with Crippen molar-refractivity contribution in [2.24, 2.45) is 29.4 Å². The van der Waals surface area contributed by atoms with Gasteiger partial charge in [-0.3, -0.25) is 68.4 Å². The summed E-state index contributed by atoms with van der Waals surface area (Å²) in [7, 11) is -2.07. The molecule has 33 nitrogen and oxygen atoms in total. The van der Waals surface area contributed by atoms with Gasteiger partial charge in [0.05, 0.1) is 31.3 Å². The summed E-state index contributed by atoms with van der Waals surface area (Å²) in [6, 6.07) is 16.8. The van der Waals surface area contributed by atoms with Gasteiger partial charge in [-0.1, -0.05) is 202 Å². The van der Waals surface area contributed by atoms with E-state index in [1.807, 2.05) is 110 Å². The summed E-state index contributed by atoms with van der Waals surface area (Å²) < 4.78 is 21.1. The third-order valence-electron chi connectivity index (χ3n) is 26.2. The van der Waals surface area contributed by atoms with Gasteiger partial charge in [-0.2, -0.15) is 0 Å². The zero-order valence-corrected chi connectivity index (χ0v) is 91.3. The number of carbonyl (C=O) groups is 8. The number of hydrogen-bond donors (Lipinski definition) is 12. The lowest BCUT2D eigenvalue weighted by molar-refractivity contribution is -0.530. The van der Waals surface area contributed by atoms with Crippen molar-refractivity contribution in [3.8, 4) is 0 Å². The van der Waals surface area contributed by atoms with Gasteiger partial charge in [0.25, 0.3) is 17.9 Å². The van der Waals surface area contributed by atoms with Gasteiger partial charge < -0.3 is 86.3 Å². The maximum Gasteiger partial charge on any atom is 0.377 e. The van der Waals surface area contributed by atoms with E-state index in [1.165, 1.54) is 109 Å². The lowest BCUT2D eigenvalue weighted by Gasteiger charge is -2.33. The maximum absolute atomic E-state index is 12.7. The second-order valence-corrected chi connectivity index (χ2v) is 39.4. The number of carboxylic acids is 1. The monoisotopic (exact) mass is 2120 g/mol. The van der Waals surface area contributed by atoms with E-state index in [-0.39, 0.29) is 90.5 Å². The number of amides is 2. The summed E-state index contributed by atoms with van der Waals surface area (Å²) in [6.45, 7) is 46.5. The molecule has 4 aliphatic carbocycles. The van der Waals surface area contributed by atoms with Crippen LogP contribution in [0.4, 0.5) is 0 Å². The molecular formula is C110H185B3BrN11O22. The number of carbonyl (C=O) groups excluding carboxylic acids is 7. The van der Waals surface area contributed by atoms with Crippen molar-refractivity contribution in [1.29, 1.82) is 0 Å². The van der Waals surface area contributed by atoms with Gasteiger partial charge in [0.1, 0.15) is 43.2 Å². The normalized spacial score (nSPS) is 19.2. The number of rotatable bonds is 59. The van der Waals surface area contributed by atoms with Gasteiger partial charge in [0.15, 0.2) is 0 Å². The number of carboxylic acid groups (broad SMARTS) is 1. The van der Waals surface area contributed by atoms with E-state index in [4.69, 9.17) is 34.8 Å². The topological polar surface area (TPSA) is 477 Å². The Morgan fingerprint density at radius 3 is 1.33 bits per heavy atom. The Kier molecular flexibility index (Phi) is 79.7. The van der Waals surface area contributed by atoms with Crippen LogP contribution in [0.5, 0.6) is 0 Å². The molecule has 0 bridgehead atoms. The van der Waals surface area contributed by atoms with Gasteiger partial charge in [-0.25, -0.2) is 0 Å². The number of aliphatic hydroxyl groups is 2. The van der Waals surface area contributed by atoms with Crippen molar-refractivity contribution in [1.82, 2.24) is 41.0 Å². The number of ketones is 1. The summed E-state index contributed by atoms with van der Waals surface area (Å²) >= 11 is 3.24. The summed E-state index contributed by atoms with van der Waals surface area (Å²) in [4.78, 5) is 119. The zero-order valence-electron chi connectivity index (χ0n) is 89.7. The third-order valence-corrected chi connectivity index (χ3v) is 26.7. The first-order valence-electron chi connectivity index (χ1n) is 54.1. The highest BCUT2D eigenvalue weighted by Crippen LogP contribution is 2.43. The molecular weight excluding hydrogens is 1940 g/mol. The molecule has 0 aromatic heterocycles. The Morgan fingerprint density at radius 1 is 0.510 bits per heavy atom. The number of unbranched alkanes of at least 4 members (excludes halogenated alkanes) is 12. The number of alkyl halides is 1. The molecule has 0 radical (unpaired) electrons. The highest BCUT2D eigenvalue weighted by molar-refractivity contribution is 9.09. The molecule has 4 saturated carbocycles. The number of Topliss-reactive ketones (excluding diaryl/α,β-unsaturated/α-hetero) is 1. The molecule has 2 aromatic rings. The van der Waals surface area contributed by atoms with Crippen LogP contribution in [0.3, 0.4) is 0 Å². The first kappa shape index (κ1) is 136. The number of likely N-dealkylation sites (tertiary alicyclic amines) is 2. The van der Waals surface area contributed by atoms with Crippen LogP contribution in [0, 0.1) is 43.9 Å². The fraction of sp³-hybridized carbons (Fsp3) is 0.673. The SMILES string of the molecule is C=CCC(C(O)C(=O)NC1CC1)[N+](=O)[O-].C=CCC(N)C(O)C(=O)NC1CC1.C=CCCBr.C=CCCCCC[C@@H](C(=O)OCc1ccccc1)N1CCCCC1.C=CCCCCC[C@@H](C(C)=O)N1CCCCC1.C=CCCCCC[C@H](NB(C)O)C(=O)O.C=CCCCCC[C@H](NB(C)O)C(=O)OCc1ccccc1.C=CCC[N+](=O)[O-].CCOC(=O)[C@@H]1[C@H]2CCC[C@H]2CN1B(C)O.CCOC(=O)[C@H]1NC[C@@H]2CCC[C@@H]21. The molecule has 4 aliphatic heterocycles. The number of benzene rings is 2. The van der Waals surface area contributed by atoms with Gasteiger partial charge in [-0.05, 0) is 282 Å². The molecule has 13 N–H and O–H groups in total. The minimum absolute atomic E-state index is 0.00347. The van der Waals surface area contributed by atoms with Crippen LogP contribution in [0.15, 0.2) is 162 Å². The van der Waals surface area contributed by atoms with Crippen molar-refractivity contribution < 1.29 is 97.5 Å². The van der Waals surface area contributed by atoms with Crippen LogP contribution in [0.2, 0.25) is 20.5 Å². The molecule has 147 heavy (non-hydrogen) atoms. The summed E-state index contributed by atoms with van der Waals surface area (Å²) in [5, 5.41) is 91.0. The molecule has 0 spiro atoms. The summed E-state index contributed by atoms with van der Waals surface area (Å²) in [5.74, 6) is 0.118. The van der Waals surface area contributed by atoms with Crippen molar-refractivity contribution in [2.45, 2.75) is 384 Å². The van der Waals surface area contributed by atoms with Crippen LogP contribution >= 0.6 is 15.9 Å². The molecule has 8 aliphatic rings. The first-order valence-corrected chi connectivity index (χ1v) is 55.2. The largest absolute Gasteiger partial charge is 0.480 e. The summed E-state index contributed by atoms with van der Waals surface area (Å²) in [6.07, 6.45) is 52.1. The number of ether oxygens (including phenoxy) is 4. The van der Waals surface area contributed by atoms with Crippen molar-refractivity contribution in [2.75, 3.05) is 64.4 Å². The van der Waals surface area contributed by atoms with Crippen molar-refractivity contribution in [3.63, 3.8) is 0 Å². The molecule has 2 amide bonds. The number of hydrogen-bond acceptors (Lipinski definition) is 28. The average Bonchev–Trinajstić information content (AvgIpc) is 1.63. The molecule has 4 saturated heterocycles. The fourth-order valence-electron chi connectivity index (χ4n) is 18.0. The van der Waals surface area contributed by atoms with Crippen LogP contribution in [0.1, 0.15) is 289 Å². The number of piperidine rings is 2. The predicted molar refractivity (Wildman–Crippen MR) is 593 cm³/mol. The average molecular weight is 2130 g/mol. The van der Waals surface area contributed by atoms with Crippen molar-refractivity contribution >= 4 is 84.5 Å². The Hall–Kier alpha value is -8.69. The number of nitrogens with zero attached hydrogens (tertiary/aromatic N) is 5. The van der Waals surface area contributed by atoms with E-state index in [1.54, 1.807) is 26.6 Å². The smallest absolute Gasteiger partial charge is 0.377 e. The lowest BCUT2D eigenvalue weighted by atomic mass is 9.83. The minimum Gasteiger partial charge on any atom is -0.480 e. The van der Waals surface area contributed by atoms with E-state index in [9.17, 15) is 78.8 Å². The predicted octanol–water partition coefficient (Wildman–Crippen LogP) is 16.4. The number of aliphatic carboxylic acids is 1. The van der Waals surface area contributed by atoms with Gasteiger partial charge >= 0.3 is 51.0 Å². The molecule has 828 valence electrons. The molecule has 37 heteroatoms. The number of aliphatic hydroxyl groups excluding tert-OH is 2. The number of nitrogens with two attached hydrogens (primary N) is 1. The Labute approximate surface area is 888 Å². The standard InChI is InChI=1S/C21H31NO2.C17H26BNO3.C15H27NO.C11H20BNO3.C10H20BNO3.C10H17NO2.C9H14N2O4.C9H16N2O2.C4H7Br.C4H7NO2/c1-2-3-4-5-10-15-20(22-16-11-7-12-17-22)21(23)24-18-19-13-8-6-9-14-19;1-3-4-5-6-10-13-16(19-18(2)21)17(20)22-14-15-11-8-7-9-12-15;1-3-4-5-6-8-11-15(14(2)17)16-12-9-7-10-13-16;1-3-16-11(14)10-9-6-4-5-8(9)7-13(10)12(2)15;1-3-4-5-6-7-8-9(10(13)14)12-11(2)15;1-2-13-10(12)9-8-5-3-4-7(8)6-11-9;1-2-3-7(11(14)15)8(12)9(13)10-6-4-5-6;1-2-3-7(10)8(12)9(13)11-6-4-5-6;1-2-3-4-5;1-2-3-4-5(6)7/h2,6,8-9,13-14,20H,1,3-5,7,10-12,15-18H2;3,7-9,11-12,16,19,21H,1,4-6,10,13-14H2,2H3;3,15H,1,4-13H2,2H3;8-10,15H,3-7H2,1-2H3;3,9,12,15H,1,4-8H2,2H3,(H,13,14);7-9,11H,2-6H2,1H3;2,6-8,12H,1,3-5H2,(H,10,13);2,6-8,12H,1,3-5,10H2,(H,11,13);2H,1,3-4H2;2H,1,3-4H2/t20-;16-;15-;8-,9-,10-;9-;7-,8-,9-;;;;/m000000..../s1. The molecule has 4 unspecified atom stereocenters. The second kappa shape index (κ2) is 85.9. The van der Waals surface area contributed by atoms with E-state index >= 15 is 0 Å². The highest BCUT2D eigenvalue weighted by atomic mass is 79.9. The maximum atomic E-state index is 12.7. The summed E-state index contributed by atoms with van der Waals surface area (Å²) in [5.41, 5.74) is 7.55. The number of nitro groups is 2. The van der Waals surface area contributed by atoms with E-state index in [2.05, 4.69) is 105 Å². The first-order chi connectivity index (χ1) is 70.6. The minimum atomic E-state index is -1.60. The fourth-order valence-corrected chi connectivity index (χ4v) is 18.3. The number of esters is 4. The quantitative estimate of drug-likeness (QED) is 0.00428. The highest BCUT2D eigenvalue weighted by Gasteiger charge is 2.50. The third kappa shape index (κ3) is 63.9. The Morgan fingerprint density at radius 2 is 0.932 bits per heavy atom. The lowest BCUT2D eigenvalue weighted by Crippen LogP contribution is -2.47. The van der Waals surface area contributed by atoms with E-state index in [0.717, 1.165) is 196 Å². The van der Waals surface area contributed by atoms with Crippen LogP contribution in [0.25, 0.3) is 0 Å². The van der Waals surface area contributed by atoms with Crippen LogP contribution < -0.4 is 32.1 Å². The Bertz CT molecular complexity index is 3990. The molecule has 14 atom stereocenters. The van der Waals surface area contributed by atoms with Crippen molar-refractivity contribution in [3.05, 3.63) is 193 Å². The van der Waals surface area contributed by atoms with Gasteiger partial charge in [0.2, 0.25) is 12.6 Å². The second-order valence-electron chi connectivity index (χ2n) is 38.7. The Balaban J connectivity index is 0.000000832. The number of fused-ring (bicyclic) bond motifs is 2. The molecule has 4 heterocycles. The van der Waals surface area contributed by atoms with Crippen LogP contribution in [-0.4, -0.2) is 260 Å². The molecule has 2 aromatic carbocycles. The van der Waals surface area contributed by atoms with E-state index < -0.39 is 74.3 Å². The number of halogens is 1. The zero-order chi connectivity index (χ0) is 109. The van der Waals surface area contributed by atoms with Crippen LogP contribution in [-0.2, 0) is 70.5 Å². The van der Waals surface area contributed by atoms with Gasteiger partial charge in [0, 0.05) is 46.1 Å². The van der Waals surface area contributed by atoms with Gasteiger partial charge in [-0.15, -0.1) is 52.6 Å². The molecule has 8 fully saturated rings. The number of allylic oxidation sites excluding steroid dienone is 5.